The summed E-state index contributed by atoms with van der Waals surface area (Å²) in [5.41, 5.74) is 8.29. The van der Waals surface area contributed by atoms with Gasteiger partial charge in [-0.3, -0.25) is 9.97 Å². The van der Waals surface area contributed by atoms with E-state index in [2.05, 4.69) is 57.3 Å². The van der Waals surface area contributed by atoms with Crippen LogP contribution >= 0.6 is 0 Å². The van der Waals surface area contributed by atoms with Gasteiger partial charge >= 0.3 is 0 Å². The van der Waals surface area contributed by atoms with Crippen LogP contribution in [0.4, 0.5) is 17.1 Å². The third kappa shape index (κ3) is 3.42. The van der Waals surface area contributed by atoms with Gasteiger partial charge in [0.15, 0.2) is 11.5 Å². The molecule has 3 aromatic carbocycles. The van der Waals surface area contributed by atoms with Crippen LogP contribution in [-0.2, 0) is 0 Å². The summed E-state index contributed by atoms with van der Waals surface area (Å²) in [5.74, 6) is 1.65. The Hall–Kier alpha value is -4.44. The lowest BCUT2D eigenvalue weighted by molar-refractivity contribution is 0.477. The zero-order chi connectivity index (χ0) is 22.2. The van der Waals surface area contributed by atoms with Crippen molar-refractivity contribution in [3.63, 3.8) is 0 Å². The van der Waals surface area contributed by atoms with E-state index < -0.39 is 0 Å². The quantitative estimate of drug-likeness (QED) is 0.290. The van der Waals surface area contributed by atoms with Crippen molar-refractivity contribution in [1.82, 2.24) is 9.97 Å². The molecule has 0 spiro atoms. The minimum Gasteiger partial charge on any atom is -0.453 e. The molecule has 0 fully saturated rings. The molecule has 4 nitrogen and oxygen atoms in total. The SMILES string of the molecule is Cc1cccc(-c2ccc(-c3ccncc3N3c4ccccc4Oc4ccccc43)cc2)n1. The summed E-state index contributed by atoms with van der Waals surface area (Å²) in [6.45, 7) is 2.01. The van der Waals surface area contributed by atoms with Crippen LogP contribution in [0.25, 0.3) is 22.4 Å². The molecule has 0 bridgehead atoms. The number of aryl methyl sites for hydroxylation is 1. The first-order valence-corrected chi connectivity index (χ1v) is 10.9. The van der Waals surface area contributed by atoms with Gasteiger partial charge in [0.1, 0.15) is 0 Å². The van der Waals surface area contributed by atoms with Gasteiger partial charge in [-0.15, -0.1) is 0 Å². The van der Waals surface area contributed by atoms with Crippen molar-refractivity contribution in [2.24, 2.45) is 0 Å². The molecule has 0 amide bonds. The number of para-hydroxylation sites is 4. The molecule has 0 saturated heterocycles. The highest BCUT2D eigenvalue weighted by Crippen LogP contribution is 2.51. The van der Waals surface area contributed by atoms with Crippen LogP contribution in [0.5, 0.6) is 11.5 Å². The Balaban J connectivity index is 1.48. The number of hydrogen-bond donors (Lipinski definition) is 0. The largest absolute Gasteiger partial charge is 0.453 e. The summed E-state index contributed by atoms with van der Waals surface area (Å²) in [4.78, 5) is 11.4. The van der Waals surface area contributed by atoms with E-state index in [9.17, 15) is 0 Å². The van der Waals surface area contributed by atoms with Crippen LogP contribution in [0.1, 0.15) is 5.69 Å². The highest BCUT2D eigenvalue weighted by Gasteiger charge is 2.27. The van der Waals surface area contributed by atoms with Crippen molar-refractivity contribution in [3.05, 3.63) is 115 Å². The molecule has 5 aromatic rings. The summed E-state index contributed by atoms with van der Waals surface area (Å²) in [6.07, 6.45) is 3.76. The Morgan fingerprint density at radius 3 is 2.00 bits per heavy atom. The zero-order valence-electron chi connectivity index (χ0n) is 18.1. The van der Waals surface area contributed by atoms with Gasteiger partial charge in [-0.05, 0) is 55.0 Å². The third-order valence-corrected chi connectivity index (χ3v) is 5.85. The molecule has 3 heterocycles. The van der Waals surface area contributed by atoms with Gasteiger partial charge in [-0.2, -0.15) is 0 Å². The van der Waals surface area contributed by atoms with Crippen LogP contribution in [0.15, 0.2) is 109 Å². The van der Waals surface area contributed by atoms with E-state index in [-0.39, 0.29) is 0 Å². The van der Waals surface area contributed by atoms with Gasteiger partial charge in [-0.25, -0.2) is 0 Å². The normalized spacial score (nSPS) is 12.0. The third-order valence-electron chi connectivity index (χ3n) is 5.85. The minimum atomic E-state index is 0.826. The number of fused-ring (bicyclic) bond motifs is 2. The Labute approximate surface area is 192 Å². The number of rotatable bonds is 3. The molecule has 1 aliphatic rings. The lowest BCUT2D eigenvalue weighted by Crippen LogP contribution is -2.16. The van der Waals surface area contributed by atoms with E-state index in [1.807, 2.05) is 73.9 Å². The summed E-state index contributed by atoms with van der Waals surface area (Å²) in [7, 11) is 0. The number of benzene rings is 3. The number of anilines is 3. The molecule has 6 rings (SSSR count). The van der Waals surface area contributed by atoms with Crippen LogP contribution in [-0.4, -0.2) is 9.97 Å². The smallest absolute Gasteiger partial charge is 0.151 e. The van der Waals surface area contributed by atoms with Gasteiger partial charge in [0, 0.05) is 23.0 Å². The first-order valence-electron chi connectivity index (χ1n) is 10.9. The van der Waals surface area contributed by atoms with Crippen LogP contribution in [0.2, 0.25) is 0 Å². The van der Waals surface area contributed by atoms with Gasteiger partial charge < -0.3 is 9.64 Å². The fourth-order valence-electron chi connectivity index (χ4n) is 4.30. The maximum absolute atomic E-state index is 6.18. The second kappa shape index (κ2) is 7.92. The number of pyridine rings is 2. The van der Waals surface area contributed by atoms with E-state index in [0.717, 1.165) is 56.6 Å². The van der Waals surface area contributed by atoms with Crippen molar-refractivity contribution in [2.75, 3.05) is 4.90 Å². The molecule has 0 atom stereocenters. The van der Waals surface area contributed by atoms with Crippen molar-refractivity contribution in [3.8, 4) is 33.9 Å². The van der Waals surface area contributed by atoms with Crippen LogP contribution < -0.4 is 9.64 Å². The predicted molar refractivity (Wildman–Crippen MR) is 132 cm³/mol. The van der Waals surface area contributed by atoms with Crippen molar-refractivity contribution in [2.45, 2.75) is 6.92 Å². The molecule has 33 heavy (non-hydrogen) atoms. The molecular weight excluding hydrogens is 406 g/mol. The molecule has 4 heteroatoms. The molecule has 0 N–H and O–H groups in total. The Bertz CT molecular complexity index is 1410. The van der Waals surface area contributed by atoms with Gasteiger partial charge in [-0.1, -0.05) is 54.6 Å². The molecule has 0 radical (unpaired) electrons. The van der Waals surface area contributed by atoms with E-state index in [1.54, 1.807) is 0 Å². The van der Waals surface area contributed by atoms with E-state index in [0.29, 0.717) is 0 Å². The Morgan fingerprint density at radius 2 is 1.30 bits per heavy atom. The highest BCUT2D eigenvalue weighted by molar-refractivity contribution is 5.92. The number of ether oxygens (including phenoxy) is 1. The van der Waals surface area contributed by atoms with E-state index in [4.69, 9.17) is 4.74 Å². The standard InChI is InChI=1S/C29H21N3O/c1-20-7-6-8-24(31-20)22-15-13-21(14-16-22)23-17-18-30-19-27(23)32-25-9-2-4-11-28(25)33-29-12-5-3-10-26(29)32/h2-19H,1H3. The molecule has 1 aliphatic heterocycles. The fourth-order valence-corrected chi connectivity index (χ4v) is 4.30. The average Bonchev–Trinajstić information content (AvgIpc) is 2.87. The summed E-state index contributed by atoms with van der Waals surface area (Å²) in [6, 6.07) is 32.9. The Morgan fingerprint density at radius 1 is 0.636 bits per heavy atom. The summed E-state index contributed by atoms with van der Waals surface area (Å²) < 4.78 is 6.18. The molecule has 0 aliphatic carbocycles. The van der Waals surface area contributed by atoms with E-state index in [1.165, 1.54) is 0 Å². The minimum absolute atomic E-state index is 0.826. The fraction of sp³-hybridized carbons (Fsp3) is 0.0345. The number of hydrogen-bond acceptors (Lipinski definition) is 4. The summed E-state index contributed by atoms with van der Waals surface area (Å²) in [5, 5.41) is 0. The Kier molecular flexibility index (Phi) is 4.62. The van der Waals surface area contributed by atoms with Crippen LogP contribution in [0.3, 0.4) is 0 Å². The maximum Gasteiger partial charge on any atom is 0.151 e. The zero-order valence-corrected chi connectivity index (χ0v) is 18.1. The van der Waals surface area contributed by atoms with Gasteiger partial charge in [0.25, 0.3) is 0 Å². The highest BCUT2D eigenvalue weighted by atomic mass is 16.5. The molecule has 2 aromatic heterocycles. The lowest BCUT2D eigenvalue weighted by atomic mass is 10.0. The van der Waals surface area contributed by atoms with Crippen molar-refractivity contribution >= 4 is 17.1 Å². The monoisotopic (exact) mass is 427 g/mol. The molecule has 0 unspecified atom stereocenters. The molecular formula is C29H21N3O. The maximum atomic E-state index is 6.18. The van der Waals surface area contributed by atoms with Gasteiger partial charge in [0.2, 0.25) is 0 Å². The molecule has 158 valence electrons. The topological polar surface area (TPSA) is 38.2 Å². The predicted octanol–water partition coefficient (Wildman–Crippen LogP) is 7.69. The summed E-state index contributed by atoms with van der Waals surface area (Å²) >= 11 is 0. The second-order valence-corrected chi connectivity index (χ2v) is 8.01. The average molecular weight is 428 g/mol. The van der Waals surface area contributed by atoms with Crippen molar-refractivity contribution < 1.29 is 4.74 Å². The van der Waals surface area contributed by atoms with Gasteiger partial charge in [0.05, 0.1) is 29.0 Å². The van der Waals surface area contributed by atoms with E-state index >= 15 is 0 Å². The first kappa shape index (κ1) is 19.3. The first-order chi connectivity index (χ1) is 16.3. The molecule has 0 saturated carbocycles. The lowest BCUT2D eigenvalue weighted by Gasteiger charge is -2.33. The van der Waals surface area contributed by atoms with Crippen LogP contribution in [0, 0.1) is 6.92 Å². The number of aromatic nitrogens is 2. The second-order valence-electron chi connectivity index (χ2n) is 8.01. The number of nitrogens with zero attached hydrogens (tertiary/aromatic N) is 3. The van der Waals surface area contributed by atoms with Crippen molar-refractivity contribution in [1.29, 1.82) is 0 Å².